The molecule has 72 valence electrons. The van der Waals surface area contributed by atoms with Crippen molar-refractivity contribution in [2.24, 2.45) is 5.73 Å². The summed E-state index contributed by atoms with van der Waals surface area (Å²) in [6.45, 7) is -0.522. The second-order valence-electron chi connectivity index (χ2n) is 2.75. The number of alkyl halides is 1. The van der Waals surface area contributed by atoms with Gasteiger partial charge in [-0.05, 0) is 47.2 Å². The fourth-order valence-corrected chi connectivity index (χ4v) is 1.59. The van der Waals surface area contributed by atoms with Crippen LogP contribution in [0.15, 0.2) is 18.2 Å². The predicted molar refractivity (Wildman–Crippen MR) is 56.6 cm³/mol. The summed E-state index contributed by atoms with van der Waals surface area (Å²) in [7, 11) is 0. The minimum atomic E-state index is -0.542. The Labute approximate surface area is 89.5 Å². The van der Waals surface area contributed by atoms with Crippen molar-refractivity contribution >= 4 is 22.6 Å². The topological polar surface area (TPSA) is 26.0 Å². The van der Waals surface area contributed by atoms with Crippen molar-refractivity contribution in [3.8, 4) is 0 Å². The first-order valence-electron chi connectivity index (χ1n) is 3.91. The van der Waals surface area contributed by atoms with Crippen LogP contribution in [0.4, 0.5) is 8.78 Å². The standard InChI is InChI=1S/C9H10F2IN/c10-4-3-9(13)7-5-6(12)1-2-8(7)11/h1-2,5,9H,3-4,13H2/t9-/m0/s1. The van der Waals surface area contributed by atoms with Crippen molar-refractivity contribution in [1.29, 1.82) is 0 Å². The summed E-state index contributed by atoms with van der Waals surface area (Å²) < 4.78 is 26.0. The zero-order valence-corrected chi connectivity index (χ0v) is 9.09. The number of hydrogen-bond donors (Lipinski definition) is 1. The average molecular weight is 297 g/mol. The molecule has 0 amide bonds. The Bertz CT molecular complexity index is 291. The van der Waals surface area contributed by atoms with Crippen molar-refractivity contribution in [3.63, 3.8) is 0 Å². The third-order valence-electron chi connectivity index (χ3n) is 1.78. The van der Waals surface area contributed by atoms with E-state index in [1.807, 2.05) is 0 Å². The van der Waals surface area contributed by atoms with Crippen LogP contribution in [0, 0.1) is 9.39 Å². The lowest BCUT2D eigenvalue weighted by molar-refractivity contribution is 0.435. The lowest BCUT2D eigenvalue weighted by Crippen LogP contribution is -2.13. The summed E-state index contributed by atoms with van der Waals surface area (Å²) in [5, 5.41) is 0. The largest absolute Gasteiger partial charge is 0.324 e. The highest BCUT2D eigenvalue weighted by atomic mass is 127. The van der Waals surface area contributed by atoms with Gasteiger partial charge in [-0.25, -0.2) is 4.39 Å². The first-order chi connectivity index (χ1) is 6.15. The molecule has 1 aromatic rings. The molecule has 4 heteroatoms. The van der Waals surface area contributed by atoms with Crippen LogP contribution < -0.4 is 5.73 Å². The van der Waals surface area contributed by atoms with Gasteiger partial charge in [0, 0.05) is 15.2 Å². The molecule has 0 spiro atoms. The number of benzene rings is 1. The maximum Gasteiger partial charge on any atom is 0.128 e. The van der Waals surface area contributed by atoms with E-state index in [1.165, 1.54) is 6.07 Å². The van der Waals surface area contributed by atoms with E-state index in [0.29, 0.717) is 5.56 Å². The monoisotopic (exact) mass is 297 g/mol. The van der Waals surface area contributed by atoms with Gasteiger partial charge in [-0.2, -0.15) is 0 Å². The fraction of sp³-hybridized carbons (Fsp3) is 0.333. The van der Waals surface area contributed by atoms with Gasteiger partial charge in [0.2, 0.25) is 0 Å². The van der Waals surface area contributed by atoms with Crippen molar-refractivity contribution in [2.45, 2.75) is 12.5 Å². The Morgan fingerprint density at radius 2 is 2.15 bits per heavy atom. The third-order valence-corrected chi connectivity index (χ3v) is 2.45. The normalized spacial score (nSPS) is 12.9. The van der Waals surface area contributed by atoms with Crippen LogP contribution in [0.1, 0.15) is 18.0 Å². The first-order valence-corrected chi connectivity index (χ1v) is 4.99. The quantitative estimate of drug-likeness (QED) is 0.853. The SMILES string of the molecule is N[C@@H](CCF)c1cc(I)ccc1F. The number of nitrogens with two attached hydrogens (primary N) is 1. The number of hydrogen-bond acceptors (Lipinski definition) is 1. The minimum Gasteiger partial charge on any atom is -0.324 e. The molecular formula is C9H10F2IN. The van der Waals surface area contributed by atoms with Crippen LogP contribution in [0.5, 0.6) is 0 Å². The van der Waals surface area contributed by atoms with E-state index in [9.17, 15) is 8.78 Å². The Morgan fingerprint density at radius 1 is 1.46 bits per heavy atom. The van der Waals surface area contributed by atoms with E-state index in [4.69, 9.17) is 5.73 Å². The van der Waals surface area contributed by atoms with Crippen molar-refractivity contribution in [2.75, 3.05) is 6.67 Å². The van der Waals surface area contributed by atoms with Gasteiger partial charge in [-0.15, -0.1) is 0 Å². The molecule has 0 saturated carbocycles. The molecule has 1 rings (SSSR count). The zero-order valence-electron chi connectivity index (χ0n) is 6.93. The van der Waals surface area contributed by atoms with Crippen LogP contribution in [0.2, 0.25) is 0 Å². The van der Waals surface area contributed by atoms with E-state index in [0.717, 1.165) is 3.57 Å². The Kier molecular flexibility index (Phi) is 4.05. The van der Waals surface area contributed by atoms with Gasteiger partial charge >= 0.3 is 0 Å². The first kappa shape index (κ1) is 10.8. The summed E-state index contributed by atoms with van der Waals surface area (Å²) in [6.07, 6.45) is 0.164. The van der Waals surface area contributed by atoms with Gasteiger partial charge in [0.05, 0.1) is 6.67 Å². The highest BCUT2D eigenvalue weighted by Crippen LogP contribution is 2.20. The van der Waals surface area contributed by atoms with E-state index in [2.05, 4.69) is 22.6 Å². The lowest BCUT2D eigenvalue weighted by Gasteiger charge is -2.10. The molecule has 1 atom stereocenters. The molecule has 0 aliphatic rings. The van der Waals surface area contributed by atoms with Gasteiger partial charge < -0.3 is 5.73 Å². The van der Waals surface area contributed by atoms with Crippen LogP contribution in [0.25, 0.3) is 0 Å². The maximum atomic E-state index is 13.1. The summed E-state index contributed by atoms with van der Waals surface area (Å²) in [4.78, 5) is 0. The van der Waals surface area contributed by atoms with Crippen molar-refractivity contribution in [3.05, 3.63) is 33.1 Å². The predicted octanol–water partition coefficient (Wildman–Crippen LogP) is 2.79. The molecule has 13 heavy (non-hydrogen) atoms. The maximum absolute atomic E-state index is 13.1. The highest BCUT2D eigenvalue weighted by Gasteiger charge is 2.11. The molecule has 0 bridgehead atoms. The second-order valence-corrected chi connectivity index (χ2v) is 4.00. The van der Waals surface area contributed by atoms with Crippen molar-refractivity contribution < 1.29 is 8.78 Å². The van der Waals surface area contributed by atoms with Crippen LogP contribution in [0.3, 0.4) is 0 Å². The number of halogens is 3. The molecule has 0 unspecified atom stereocenters. The second kappa shape index (κ2) is 4.85. The molecule has 0 aliphatic heterocycles. The Morgan fingerprint density at radius 3 is 2.77 bits per heavy atom. The molecule has 0 heterocycles. The van der Waals surface area contributed by atoms with Gasteiger partial charge in [-0.1, -0.05) is 0 Å². The molecule has 0 saturated heterocycles. The fourth-order valence-electron chi connectivity index (χ4n) is 1.07. The lowest BCUT2D eigenvalue weighted by atomic mass is 10.1. The Balaban J connectivity index is 2.91. The molecule has 0 fully saturated rings. The molecule has 2 N–H and O–H groups in total. The van der Waals surface area contributed by atoms with E-state index in [-0.39, 0.29) is 12.2 Å². The van der Waals surface area contributed by atoms with Crippen LogP contribution >= 0.6 is 22.6 Å². The Hall–Kier alpha value is -0.230. The minimum absolute atomic E-state index is 0.164. The van der Waals surface area contributed by atoms with Gasteiger partial charge in [0.15, 0.2) is 0 Å². The van der Waals surface area contributed by atoms with Gasteiger partial charge in [-0.3, -0.25) is 4.39 Å². The van der Waals surface area contributed by atoms with E-state index >= 15 is 0 Å². The van der Waals surface area contributed by atoms with Crippen LogP contribution in [-0.2, 0) is 0 Å². The van der Waals surface area contributed by atoms with Gasteiger partial charge in [0.25, 0.3) is 0 Å². The van der Waals surface area contributed by atoms with E-state index in [1.54, 1.807) is 12.1 Å². The molecule has 1 aromatic carbocycles. The molecular weight excluding hydrogens is 287 g/mol. The smallest absolute Gasteiger partial charge is 0.128 e. The van der Waals surface area contributed by atoms with E-state index < -0.39 is 12.7 Å². The van der Waals surface area contributed by atoms with Crippen LogP contribution in [-0.4, -0.2) is 6.67 Å². The molecule has 0 aliphatic carbocycles. The third kappa shape index (κ3) is 2.87. The summed E-state index contributed by atoms with van der Waals surface area (Å²) in [6, 6.07) is 4.12. The molecule has 0 radical (unpaired) electrons. The summed E-state index contributed by atoms with van der Waals surface area (Å²) in [5.41, 5.74) is 5.98. The molecule has 0 aromatic heterocycles. The summed E-state index contributed by atoms with van der Waals surface area (Å²) >= 11 is 2.07. The number of rotatable bonds is 3. The summed E-state index contributed by atoms with van der Waals surface area (Å²) in [5.74, 6) is -0.360. The van der Waals surface area contributed by atoms with Crippen molar-refractivity contribution in [1.82, 2.24) is 0 Å². The van der Waals surface area contributed by atoms with Gasteiger partial charge in [0.1, 0.15) is 5.82 Å². The highest BCUT2D eigenvalue weighted by molar-refractivity contribution is 14.1. The molecule has 1 nitrogen and oxygen atoms in total. The zero-order chi connectivity index (χ0) is 9.84. The average Bonchev–Trinajstić information content (AvgIpc) is 2.09.